The number of carbonyl (C=O) groups excluding carboxylic acids is 1. The van der Waals surface area contributed by atoms with Gasteiger partial charge < -0.3 is 10.4 Å². The lowest BCUT2D eigenvalue weighted by Crippen LogP contribution is -2.33. The highest BCUT2D eigenvalue weighted by Gasteiger charge is 2.29. The predicted octanol–water partition coefficient (Wildman–Crippen LogP) is 2.09. The Morgan fingerprint density at radius 3 is 2.42 bits per heavy atom. The molecule has 1 aromatic heterocycles. The third kappa shape index (κ3) is 3.79. The second-order valence-electron chi connectivity index (χ2n) is 5.91. The molecule has 1 fully saturated rings. The number of hydrogen-bond donors (Lipinski definition) is 2. The van der Waals surface area contributed by atoms with Crippen LogP contribution >= 0.6 is 11.3 Å². The van der Waals surface area contributed by atoms with E-state index in [-0.39, 0.29) is 9.77 Å². The van der Waals surface area contributed by atoms with Gasteiger partial charge in [0.25, 0.3) is 5.91 Å². The number of benzene rings is 1. The van der Waals surface area contributed by atoms with Crippen LogP contribution in [0.15, 0.2) is 46.7 Å². The van der Waals surface area contributed by atoms with Crippen LogP contribution in [0.25, 0.3) is 0 Å². The van der Waals surface area contributed by atoms with Crippen molar-refractivity contribution in [3.8, 4) is 0 Å². The normalized spacial score (nSPS) is 16.3. The van der Waals surface area contributed by atoms with Crippen LogP contribution in [-0.4, -0.2) is 42.8 Å². The van der Waals surface area contributed by atoms with E-state index in [1.807, 2.05) is 0 Å². The monoisotopic (exact) mass is 394 g/mol. The first kappa shape index (κ1) is 18.6. The number of rotatable bonds is 6. The standard InChI is InChI=1S/C17H18N2O5S2/c20-16(18-15(17(21)22)12-6-2-1-3-7-12)14-10-13(11-25-14)26(23,24)19-8-4-5-9-19/h1-3,6-7,10-11,15H,4-5,8-9H2,(H,18,20)(H,21,22)/t15-/m0/s1. The van der Waals surface area contributed by atoms with Crippen LogP contribution in [0, 0.1) is 0 Å². The van der Waals surface area contributed by atoms with Crippen LogP contribution in [0.4, 0.5) is 0 Å². The van der Waals surface area contributed by atoms with Crippen LogP contribution in [0.1, 0.15) is 34.1 Å². The van der Waals surface area contributed by atoms with Crippen molar-refractivity contribution in [2.24, 2.45) is 0 Å². The van der Waals surface area contributed by atoms with E-state index in [0.29, 0.717) is 18.7 Å². The number of nitrogens with one attached hydrogen (secondary N) is 1. The number of sulfonamides is 1. The van der Waals surface area contributed by atoms with E-state index < -0.39 is 27.9 Å². The maximum absolute atomic E-state index is 12.5. The average Bonchev–Trinajstić information content (AvgIpc) is 3.31. The van der Waals surface area contributed by atoms with Crippen molar-refractivity contribution in [2.45, 2.75) is 23.8 Å². The molecule has 1 saturated heterocycles. The lowest BCUT2D eigenvalue weighted by Gasteiger charge is -2.14. The largest absolute Gasteiger partial charge is 0.479 e. The Hall–Kier alpha value is -2.23. The molecule has 138 valence electrons. The molecule has 1 aliphatic rings. The summed E-state index contributed by atoms with van der Waals surface area (Å²) in [6.07, 6.45) is 1.65. The molecule has 2 heterocycles. The van der Waals surface area contributed by atoms with Crippen molar-refractivity contribution < 1.29 is 23.1 Å². The van der Waals surface area contributed by atoms with Crippen LogP contribution in [0.3, 0.4) is 0 Å². The van der Waals surface area contributed by atoms with E-state index >= 15 is 0 Å². The van der Waals surface area contributed by atoms with Gasteiger partial charge in [-0.25, -0.2) is 13.2 Å². The average molecular weight is 394 g/mol. The van der Waals surface area contributed by atoms with E-state index in [2.05, 4.69) is 5.32 Å². The van der Waals surface area contributed by atoms with Crippen molar-refractivity contribution in [1.82, 2.24) is 9.62 Å². The SMILES string of the molecule is O=C(N[C@H](C(=O)O)c1ccccc1)c1cc(S(=O)(=O)N2CCCC2)cs1. The molecule has 0 unspecified atom stereocenters. The molecule has 0 aliphatic carbocycles. The first-order valence-corrected chi connectivity index (χ1v) is 10.4. The molecule has 0 bridgehead atoms. The summed E-state index contributed by atoms with van der Waals surface area (Å²) in [6.45, 7) is 0.962. The summed E-state index contributed by atoms with van der Waals surface area (Å²) in [4.78, 5) is 24.1. The number of aliphatic carboxylic acids is 1. The molecule has 3 rings (SSSR count). The Balaban J connectivity index is 1.78. The van der Waals surface area contributed by atoms with Gasteiger partial charge in [0.05, 0.1) is 9.77 Å². The molecular weight excluding hydrogens is 376 g/mol. The van der Waals surface area contributed by atoms with Gasteiger partial charge in [-0.1, -0.05) is 30.3 Å². The maximum Gasteiger partial charge on any atom is 0.330 e. The molecule has 9 heteroatoms. The zero-order valence-corrected chi connectivity index (χ0v) is 15.4. The predicted molar refractivity (Wildman–Crippen MR) is 96.6 cm³/mol. The van der Waals surface area contributed by atoms with Gasteiger partial charge in [-0.3, -0.25) is 4.79 Å². The van der Waals surface area contributed by atoms with Gasteiger partial charge in [-0.05, 0) is 24.5 Å². The minimum Gasteiger partial charge on any atom is -0.479 e. The van der Waals surface area contributed by atoms with E-state index in [4.69, 9.17) is 0 Å². The van der Waals surface area contributed by atoms with Gasteiger partial charge in [0.1, 0.15) is 0 Å². The molecular formula is C17H18N2O5S2. The summed E-state index contributed by atoms with van der Waals surface area (Å²) in [5.41, 5.74) is 0.440. The minimum absolute atomic E-state index is 0.0705. The summed E-state index contributed by atoms with van der Waals surface area (Å²) in [7, 11) is -3.60. The second-order valence-corrected chi connectivity index (χ2v) is 8.76. The lowest BCUT2D eigenvalue weighted by molar-refractivity contribution is -0.139. The summed E-state index contributed by atoms with van der Waals surface area (Å²) in [5, 5.41) is 13.3. The molecule has 1 amide bonds. The van der Waals surface area contributed by atoms with Gasteiger partial charge in [0.15, 0.2) is 6.04 Å². The van der Waals surface area contributed by atoms with Crippen molar-refractivity contribution in [2.75, 3.05) is 13.1 Å². The molecule has 1 aromatic carbocycles. The Morgan fingerprint density at radius 2 is 1.81 bits per heavy atom. The van der Waals surface area contributed by atoms with Gasteiger partial charge in [0, 0.05) is 18.5 Å². The Labute approximate surface area is 155 Å². The smallest absolute Gasteiger partial charge is 0.330 e. The van der Waals surface area contributed by atoms with Crippen molar-refractivity contribution in [1.29, 1.82) is 0 Å². The fraction of sp³-hybridized carbons (Fsp3) is 0.294. The summed E-state index contributed by atoms with van der Waals surface area (Å²) >= 11 is 0.981. The zero-order chi connectivity index (χ0) is 18.7. The quantitative estimate of drug-likeness (QED) is 0.781. The molecule has 1 aliphatic heterocycles. The van der Waals surface area contributed by atoms with Crippen LogP contribution in [-0.2, 0) is 14.8 Å². The summed E-state index contributed by atoms with van der Waals surface area (Å²) < 4.78 is 26.5. The Bertz CT molecular complexity index is 902. The van der Waals surface area contributed by atoms with E-state index in [0.717, 1.165) is 24.2 Å². The number of amides is 1. The Kier molecular flexibility index (Phi) is 5.40. The molecule has 1 atom stereocenters. The first-order valence-electron chi connectivity index (χ1n) is 8.07. The summed E-state index contributed by atoms with van der Waals surface area (Å²) in [5.74, 6) is -1.81. The van der Waals surface area contributed by atoms with Crippen molar-refractivity contribution in [3.63, 3.8) is 0 Å². The number of nitrogens with zero attached hydrogens (tertiary/aromatic N) is 1. The van der Waals surface area contributed by atoms with Crippen LogP contribution in [0.2, 0.25) is 0 Å². The highest BCUT2D eigenvalue weighted by Crippen LogP contribution is 2.26. The first-order chi connectivity index (χ1) is 12.4. The molecule has 2 aromatic rings. The molecule has 26 heavy (non-hydrogen) atoms. The number of carbonyl (C=O) groups is 2. The third-order valence-electron chi connectivity index (χ3n) is 4.16. The molecule has 0 radical (unpaired) electrons. The second kappa shape index (κ2) is 7.56. The molecule has 0 saturated carbocycles. The van der Waals surface area contributed by atoms with Crippen LogP contribution in [0.5, 0.6) is 0 Å². The van der Waals surface area contributed by atoms with Crippen molar-refractivity contribution >= 4 is 33.2 Å². The molecule has 7 nitrogen and oxygen atoms in total. The lowest BCUT2D eigenvalue weighted by atomic mass is 10.1. The number of carboxylic acid groups (broad SMARTS) is 1. The Morgan fingerprint density at radius 1 is 1.15 bits per heavy atom. The molecule has 0 spiro atoms. The van der Waals surface area contributed by atoms with E-state index in [1.165, 1.54) is 15.8 Å². The van der Waals surface area contributed by atoms with E-state index in [9.17, 15) is 23.1 Å². The fourth-order valence-corrected chi connectivity index (χ4v) is 5.47. The van der Waals surface area contributed by atoms with Gasteiger partial charge in [0.2, 0.25) is 10.0 Å². The van der Waals surface area contributed by atoms with Gasteiger partial charge in [-0.2, -0.15) is 4.31 Å². The van der Waals surface area contributed by atoms with Gasteiger partial charge in [-0.15, -0.1) is 11.3 Å². The van der Waals surface area contributed by atoms with Crippen molar-refractivity contribution in [3.05, 3.63) is 52.2 Å². The fourth-order valence-electron chi connectivity index (χ4n) is 2.79. The van der Waals surface area contributed by atoms with Gasteiger partial charge >= 0.3 is 5.97 Å². The third-order valence-corrected chi connectivity index (χ3v) is 7.11. The highest BCUT2D eigenvalue weighted by molar-refractivity contribution is 7.89. The number of hydrogen-bond acceptors (Lipinski definition) is 5. The van der Waals surface area contributed by atoms with Crippen LogP contribution < -0.4 is 5.32 Å². The van der Waals surface area contributed by atoms with E-state index in [1.54, 1.807) is 30.3 Å². The zero-order valence-electron chi connectivity index (χ0n) is 13.8. The topological polar surface area (TPSA) is 104 Å². The summed E-state index contributed by atoms with van der Waals surface area (Å²) in [6, 6.07) is 8.43. The molecule has 2 N–H and O–H groups in total. The minimum atomic E-state index is -3.60. The maximum atomic E-state index is 12.5. The number of carboxylic acids is 1. The number of thiophene rings is 1. The highest BCUT2D eigenvalue weighted by atomic mass is 32.2.